The number of aromatic nitrogens is 3. The molecule has 0 fully saturated rings. The lowest BCUT2D eigenvalue weighted by Crippen LogP contribution is -2.38. The zero-order valence-electron chi connectivity index (χ0n) is 13.6. The van der Waals surface area contributed by atoms with Crippen molar-refractivity contribution in [3.63, 3.8) is 0 Å². The van der Waals surface area contributed by atoms with Crippen LogP contribution < -0.4 is 5.32 Å². The summed E-state index contributed by atoms with van der Waals surface area (Å²) in [5, 5.41) is 16.0. The van der Waals surface area contributed by atoms with Crippen LogP contribution in [0.3, 0.4) is 0 Å². The molecule has 0 saturated carbocycles. The van der Waals surface area contributed by atoms with Crippen LogP contribution >= 0.6 is 0 Å². The second-order valence-electron chi connectivity index (χ2n) is 6.12. The van der Waals surface area contributed by atoms with Crippen molar-refractivity contribution in [2.75, 3.05) is 6.54 Å². The zero-order valence-corrected chi connectivity index (χ0v) is 13.6. The second-order valence-corrected chi connectivity index (χ2v) is 6.12. The maximum atomic E-state index is 12.1. The van der Waals surface area contributed by atoms with Gasteiger partial charge in [0.25, 0.3) is 5.91 Å². The molecule has 0 aliphatic rings. The molecule has 0 saturated heterocycles. The summed E-state index contributed by atoms with van der Waals surface area (Å²) in [4.78, 5) is 27.3. The fourth-order valence-electron chi connectivity index (χ4n) is 1.99. The van der Waals surface area contributed by atoms with Crippen LogP contribution in [0.1, 0.15) is 35.6 Å². The summed E-state index contributed by atoms with van der Waals surface area (Å²) < 4.78 is 1.70. The van der Waals surface area contributed by atoms with Crippen molar-refractivity contribution in [3.8, 4) is 5.82 Å². The van der Waals surface area contributed by atoms with Crippen molar-refractivity contribution >= 4 is 11.9 Å². The third kappa shape index (κ3) is 3.74. The summed E-state index contributed by atoms with van der Waals surface area (Å²) in [6.07, 6.45) is 1.45. The van der Waals surface area contributed by atoms with E-state index in [2.05, 4.69) is 15.4 Å². The predicted octanol–water partition coefficient (Wildman–Crippen LogP) is 1.72. The Morgan fingerprint density at radius 2 is 2.00 bits per heavy atom. The second kappa shape index (κ2) is 6.20. The van der Waals surface area contributed by atoms with Gasteiger partial charge in [-0.1, -0.05) is 0 Å². The molecule has 122 valence electrons. The molecule has 0 atom stereocenters. The summed E-state index contributed by atoms with van der Waals surface area (Å²) in [6.45, 7) is 6.98. The van der Waals surface area contributed by atoms with Gasteiger partial charge in [0.1, 0.15) is 0 Å². The molecule has 2 heterocycles. The Kier molecular flexibility index (Phi) is 4.49. The van der Waals surface area contributed by atoms with E-state index in [0.29, 0.717) is 11.4 Å². The summed E-state index contributed by atoms with van der Waals surface area (Å²) in [7, 11) is 0. The van der Waals surface area contributed by atoms with E-state index in [1.165, 1.54) is 6.20 Å². The molecule has 2 aromatic rings. The number of carbonyl (C=O) groups is 2. The third-order valence-electron chi connectivity index (χ3n) is 3.51. The molecule has 0 spiro atoms. The SMILES string of the molecule is Cc1cc(C)n(-c2ccc(C(=O)NCC(C)(C)C(=O)O)cn2)n1. The Bertz CT molecular complexity index is 732. The lowest BCUT2D eigenvalue weighted by Gasteiger charge is -2.19. The van der Waals surface area contributed by atoms with Crippen molar-refractivity contribution in [2.24, 2.45) is 5.41 Å². The first-order valence-corrected chi connectivity index (χ1v) is 7.22. The molecule has 1 amide bonds. The highest BCUT2D eigenvalue weighted by Gasteiger charge is 2.27. The number of nitrogens with one attached hydrogen (secondary N) is 1. The quantitative estimate of drug-likeness (QED) is 0.875. The lowest BCUT2D eigenvalue weighted by atomic mass is 9.94. The normalized spacial score (nSPS) is 11.3. The van der Waals surface area contributed by atoms with Crippen molar-refractivity contribution < 1.29 is 14.7 Å². The number of aryl methyl sites for hydroxylation is 2. The molecule has 0 aromatic carbocycles. The van der Waals surface area contributed by atoms with E-state index in [4.69, 9.17) is 5.11 Å². The van der Waals surface area contributed by atoms with Gasteiger partial charge in [-0.15, -0.1) is 0 Å². The molecule has 0 aliphatic heterocycles. The molecule has 0 radical (unpaired) electrons. The molecule has 0 unspecified atom stereocenters. The molecule has 7 nitrogen and oxygen atoms in total. The Labute approximate surface area is 134 Å². The number of nitrogens with zero attached hydrogens (tertiary/aromatic N) is 3. The molecule has 0 aliphatic carbocycles. The highest BCUT2D eigenvalue weighted by Crippen LogP contribution is 2.14. The fraction of sp³-hybridized carbons (Fsp3) is 0.375. The van der Waals surface area contributed by atoms with Crippen LogP contribution in [0.15, 0.2) is 24.4 Å². The number of hydrogen-bond donors (Lipinski definition) is 2. The zero-order chi connectivity index (χ0) is 17.2. The first-order chi connectivity index (χ1) is 10.7. The molecular weight excluding hydrogens is 296 g/mol. The first-order valence-electron chi connectivity index (χ1n) is 7.22. The van der Waals surface area contributed by atoms with Crippen molar-refractivity contribution in [2.45, 2.75) is 27.7 Å². The molecular formula is C16H20N4O3. The van der Waals surface area contributed by atoms with Crippen LogP contribution in [-0.2, 0) is 4.79 Å². The van der Waals surface area contributed by atoms with Crippen LogP contribution in [0.2, 0.25) is 0 Å². The lowest BCUT2D eigenvalue weighted by molar-refractivity contribution is -0.146. The number of carboxylic acid groups (broad SMARTS) is 1. The van der Waals surface area contributed by atoms with Crippen LogP contribution in [0.4, 0.5) is 0 Å². The number of aliphatic carboxylic acids is 1. The van der Waals surface area contributed by atoms with E-state index in [-0.39, 0.29) is 12.5 Å². The summed E-state index contributed by atoms with van der Waals surface area (Å²) >= 11 is 0. The number of hydrogen-bond acceptors (Lipinski definition) is 4. The number of amides is 1. The monoisotopic (exact) mass is 316 g/mol. The Hall–Kier alpha value is -2.70. The van der Waals surface area contributed by atoms with E-state index in [9.17, 15) is 9.59 Å². The molecule has 2 N–H and O–H groups in total. The van der Waals surface area contributed by atoms with Crippen LogP contribution in [0.25, 0.3) is 5.82 Å². The van der Waals surface area contributed by atoms with E-state index in [0.717, 1.165) is 11.4 Å². The predicted molar refractivity (Wildman–Crippen MR) is 84.6 cm³/mol. The van der Waals surface area contributed by atoms with E-state index >= 15 is 0 Å². The van der Waals surface area contributed by atoms with Gasteiger partial charge in [-0.05, 0) is 45.9 Å². The van der Waals surface area contributed by atoms with E-state index in [1.807, 2.05) is 19.9 Å². The summed E-state index contributed by atoms with van der Waals surface area (Å²) in [5.74, 6) is -0.694. The van der Waals surface area contributed by atoms with Gasteiger partial charge in [0.15, 0.2) is 5.82 Å². The first kappa shape index (κ1) is 16.7. The van der Waals surface area contributed by atoms with Gasteiger partial charge in [0.2, 0.25) is 0 Å². The van der Waals surface area contributed by atoms with Gasteiger partial charge < -0.3 is 10.4 Å². The molecule has 2 rings (SSSR count). The van der Waals surface area contributed by atoms with Gasteiger partial charge >= 0.3 is 5.97 Å². The highest BCUT2D eigenvalue weighted by molar-refractivity contribution is 5.94. The highest BCUT2D eigenvalue weighted by atomic mass is 16.4. The minimum Gasteiger partial charge on any atom is -0.481 e. The smallest absolute Gasteiger partial charge is 0.310 e. The number of carboxylic acids is 1. The van der Waals surface area contributed by atoms with Crippen molar-refractivity contribution in [3.05, 3.63) is 41.3 Å². The van der Waals surface area contributed by atoms with Crippen molar-refractivity contribution in [1.82, 2.24) is 20.1 Å². The van der Waals surface area contributed by atoms with Gasteiger partial charge in [-0.2, -0.15) is 5.10 Å². The number of pyridine rings is 1. The average Bonchev–Trinajstić information content (AvgIpc) is 2.83. The summed E-state index contributed by atoms with van der Waals surface area (Å²) in [6, 6.07) is 5.29. The van der Waals surface area contributed by atoms with Gasteiger partial charge in [0, 0.05) is 18.4 Å². The number of rotatable bonds is 5. The van der Waals surface area contributed by atoms with E-state index < -0.39 is 11.4 Å². The van der Waals surface area contributed by atoms with E-state index in [1.54, 1.807) is 30.7 Å². The van der Waals surface area contributed by atoms with Crippen LogP contribution in [0.5, 0.6) is 0 Å². The third-order valence-corrected chi connectivity index (χ3v) is 3.51. The van der Waals surface area contributed by atoms with Gasteiger partial charge in [0.05, 0.1) is 16.7 Å². The molecule has 0 bridgehead atoms. The Balaban J connectivity index is 2.09. The Morgan fingerprint density at radius 1 is 1.30 bits per heavy atom. The molecule has 23 heavy (non-hydrogen) atoms. The standard InChI is InChI=1S/C16H20N4O3/c1-10-7-11(2)20(19-10)13-6-5-12(8-17-13)14(21)18-9-16(3,4)15(22)23/h5-8H,9H2,1-4H3,(H,18,21)(H,22,23). The van der Waals surface area contributed by atoms with Crippen molar-refractivity contribution in [1.29, 1.82) is 0 Å². The summed E-state index contributed by atoms with van der Waals surface area (Å²) in [5.41, 5.74) is 1.20. The largest absolute Gasteiger partial charge is 0.481 e. The minimum atomic E-state index is -1.02. The molecule has 7 heteroatoms. The van der Waals surface area contributed by atoms with Crippen LogP contribution in [-0.4, -0.2) is 38.3 Å². The fourth-order valence-corrected chi connectivity index (χ4v) is 1.99. The number of carbonyl (C=O) groups excluding carboxylic acids is 1. The minimum absolute atomic E-state index is 0.0420. The van der Waals surface area contributed by atoms with Gasteiger partial charge in [-0.3, -0.25) is 9.59 Å². The van der Waals surface area contributed by atoms with Gasteiger partial charge in [-0.25, -0.2) is 9.67 Å². The Morgan fingerprint density at radius 3 is 2.48 bits per heavy atom. The average molecular weight is 316 g/mol. The maximum absolute atomic E-state index is 12.1. The molecule has 2 aromatic heterocycles. The van der Waals surface area contributed by atoms with Crippen LogP contribution in [0, 0.1) is 19.3 Å². The maximum Gasteiger partial charge on any atom is 0.310 e. The topological polar surface area (TPSA) is 97.1 Å².